The molecule has 2 aliphatic heterocycles. The van der Waals surface area contributed by atoms with Crippen LogP contribution in [0.15, 0.2) is 36.8 Å². The topological polar surface area (TPSA) is 70.9 Å². The third-order valence-corrected chi connectivity index (χ3v) is 6.25. The molecule has 3 aromatic heterocycles. The van der Waals surface area contributed by atoms with Crippen molar-refractivity contribution in [1.29, 1.82) is 0 Å². The zero-order chi connectivity index (χ0) is 21.2. The monoisotopic (exact) mass is 415 g/mol. The Morgan fingerprint density at radius 2 is 1.55 bits per heavy atom. The first-order chi connectivity index (χ1) is 15.2. The van der Waals surface area contributed by atoms with Crippen LogP contribution in [0.3, 0.4) is 0 Å². The van der Waals surface area contributed by atoms with E-state index in [2.05, 4.69) is 14.8 Å². The molecule has 0 amide bonds. The fourth-order valence-corrected chi connectivity index (χ4v) is 4.75. The van der Waals surface area contributed by atoms with Gasteiger partial charge in [-0.2, -0.15) is 0 Å². The minimum atomic E-state index is 0.311. The lowest BCUT2D eigenvalue weighted by molar-refractivity contribution is 0.495. The van der Waals surface area contributed by atoms with Gasteiger partial charge in [-0.25, -0.2) is 19.9 Å². The molecular formula is C24H29N7. The lowest BCUT2D eigenvalue weighted by Crippen LogP contribution is -2.36. The van der Waals surface area contributed by atoms with Crippen molar-refractivity contribution in [3.05, 3.63) is 53.9 Å². The summed E-state index contributed by atoms with van der Waals surface area (Å²) in [6.07, 6.45) is 10.3. The molecule has 2 fully saturated rings. The van der Waals surface area contributed by atoms with Crippen LogP contribution >= 0.6 is 0 Å². The van der Waals surface area contributed by atoms with Crippen LogP contribution in [-0.2, 0) is 0 Å². The van der Waals surface area contributed by atoms with Gasteiger partial charge in [0.05, 0.1) is 5.69 Å². The average Bonchev–Trinajstić information content (AvgIpc) is 3.34. The molecule has 0 aliphatic carbocycles. The van der Waals surface area contributed by atoms with Gasteiger partial charge in [0, 0.05) is 67.6 Å². The van der Waals surface area contributed by atoms with Crippen molar-refractivity contribution < 1.29 is 0 Å². The van der Waals surface area contributed by atoms with Crippen LogP contribution in [-0.4, -0.2) is 51.1 Å². The largest absolute Gasteiger partial charge is 0.341 e. The summed E-state index contributed by atoms with van der Waals surface area (Å²) in [6.45, 7) is 8.01. The van der Waals surface area contributed by atoms with Crippen LogP contribution in [0.5, 0.6) is 0 Å². The molecular weight excluding hydrogens is 386 g/mol. The summed E-state index contributed by atoms with van der Waals surface area (Å²) < 4.78 is 0. The Morgan fingerprint density at radius 3 is 2.29 bits per heavy atom. The van der Waals surface area contributed by atoms with Gasteiger partial charge in [0.25, 0.3) is 0 Å². The Labute approximate surface area is 183 Å². The maximum Gasteiger partial charge on any atom is 0.225 e. The van der Waals surface area contributed by atoms with Crippen molar-refractivity contribution in [2.45, 2.75) is 45.4 Å². The van der Waals surface area contributed by atoms with Crippen LogP contribution in [0, 0.1) is 13.8 Å². The Kier molecular flexibility index (Phi) is 5.49. The van der Waals surface area contributed by atoms with E-state index in [0.29, 0.717) is 5.92 Å². The quantitative estimate of drug-likeness (QED) is 0.639. The summed E-state index contributed by atoms with van der Waals surface area (Å²) in [5.74, 6) is 2.01. The van der Waals surface area contributed by atoms with Gasteiger partial charge < -0.3 is 9.80 Å². The van der Waals surface area contributed by atoms with Crippen LogP contribution in [0.2, 0.25) is 0 Å². The van der Waals surface area contributed by atoms with E-state index in [0.717, 1.165) is 79.1 Å². The lowest BCUT2D eigenvalue weighted by atomic mass is 9.90. The smallest absolute Gasteiger partial charge is 0.225 e. The molecule has 0 N–H and O–H groups in total. The van der Waals surface area contributed by atoms with Crippen molar-refractivity contribution in [2.75, 3.05) is 36.0 Å². The zero-order valence-electron chi connectivity index (χ0n) is 18.3. The zero-order valence-corrected chi connectivity index (χ0v) is 18.3. The molecule has 0 saturated carbocycles. The van der Waals surface area contributed by atoms with E-state index in [9.17, 15) is 0 Å². The van der Waals surface area contributed by atoms with Gasteiger partial charge in [-0.1, -0.05) is 0 Å². The fourth-order valence-electron chi connectivity index (χ4n) is 4.75. The molecule has 2 aliphatic rings. The van der Waals surface area contributed by atoms with Crippen molar-refractivity contribution in [1.82, 2.24) is 24.9 Å². The Bertz CT molecular complexity index is 1030. The van der Waals surface area contributed by atoms with E-state index in [1.165, 1.54) is 12.8 Å². The number of hydrogen-bond acceptors (Lipinski definition) is 7. The minimum Gasteiger partial charge on any atom is -0.341 e. The van der Waals surface area contributed by atoms with Gasteiger partial charge in [0.2, 0.25) is 11.9 Å². The summed E-state index contributed by atoms with van der Waals surface area (Å²) in [6, 6.07) is 6.12. The molecule has 7 nitrogen and oxygen atoms in total. The number of nitrogens with zero attached hydrogens (tertiary/aromatic N) is 7. The molecule has 31 heavy (non-hydrogen) atoms. The molecule has 5 heterocycles. The van der Waals surface area contributed by atoms with Crippen LogP contribution in [0.1, 0.15) is 48.7 Å². The van der Waals surface area contributed by atoms with Crippen molar-refractivity contribution in [3.8, 4) is 11.1 Å². The Morgan fingerprint density at radius 1 is 0.839 bits per heavy atom. The number of aryl methyl sites for hydroxylation is 2. The van der Waals surface area contributed by atoms with E-state index in [-0.39, 0.29) is 0 Å². The fraction of sp³-hybridized carbons (Fsp3) is 0.458. The van der Waals surface area contributed by atoms with Gasteiger partial charge in [-0.3, -0.25) is 4.98 Å². The van der Waals surface area contributed by atoms with E-state index in [1.807, 2.05) is 50.6 Å². The Balaban J connectivity index is 1.51. The second kappa shape index (κ2) is 8.57. The normalized spacial score (nSPS) is 19.1. The number of aromatic nitrogens is 5. The van der Waals surface area contributed by atoms with Crippen LogP contribution < -0.4 is 9.80 Å². The molecule has 0 spiro atoms. The molecule has 160 valence electrons. The molecule has 0 unspecified atom stereocenters. The summed E-state index contributed by atoms with van der Waals surface area (Å²) >= 11 is 0. The second-order valence-corrected chi connectivity index (χ2v) is 8.63. The standard InChI is InChI=1S/C24H29N7/c1-17-14-18(2)28-24(27-17)31-13-5-6-20(16-31)22-21(19-7-9-25-10-8-19)15-26-23(29-22)30-11-3-4-12-30/h7-10,14-15,20H,3-6,11-13,16H2,1-2H3/t20-/m1/s1. The number of piperidine rings is 1. The Hall–Kier alpha value is -3.09. The summed E-state index contributed by atoms with van der Waals surface area (Å²) in [5.41, 5.74) is 5.40. The molecule has 5 rings (SSSR count). The van der Waals surface area contributed by atoms with E-state index in [4.69, 9.17) is 19.9 Å². The maximum atomic E-state index is 5.14. The molecule has 7 heteroatoms. The van der Waals surface area contributed by atoms with E-state index >= 15 is 0 Å². The summed E-state index contributed by atoms with van der Waals surface area (Å²) in [5, 5.41) is 0. The highest BCUT2D eigenvalue weighted by Gasteiger charge is 2.28. The van der Waals surface area contributed by atoms with Gasteiger partial charge in [0.1, 0.15) is 0 Å². The molecule has 3 aromatic rings. The van der Waals surface area contributed by atoms with Crippen LogP contribution in [0.25, 0.3) is 11.1 Å². The predicted octanol–water partition coefficient (Wildman–Crippen LogP) is 3.93. The SMILES string of the molecule is Cc1cc(C)nc(N2CCC[C@@H](c3nc(N4CCCC4)ncc3-c3ccncc3)C2)n1. The predicted molar refractivity (Wildman–Crippen MR) is 122 cm³/mol. The van der Waals surface area contributed by atoms with E-state index < -0.39 is 0 Å². The number of rotatable bonds is 4. The lowest BCUT2D eigenvalue weighted by Gasteiger charge is -2.33. The average molecular weight is 416 g/mol. The van der Waals surface area contributed by atoms with Gasteiger partial charge in [0.15, 0.2) is 0 Å². The first-order valence-electron chi connectivity index (χ1n) is 11.3. The number of pyridine rings is 1. The highest BCUT2D eigenvalue weighted by Crippen LogP contribution is 2.35. The van der Waals surface area contributed by atoms with E-state index in [1.54, 1.807) is 0 Å². The highest BCUT2D eigenvalue weighted by molar-refractivity contribution is 5.66. The molecule has 0 radical (unpaired) electrons. The molecule has 1 atom stereocenters. The van der Waals surface area contributed by atoms with Gasteiger partial charge in [-0.05, 0) is 63.3 Å². The minimum absolute atomic E-state index is 0.311. The first-order valence-corrected chi connectivity index (χ1v) is 11.3. The summed E-state index contributed by atoms with van der Waals surface area (Å²) in [4.78, 5) is 28.1. The summed E-state index contributed by atoms with van der Waals surface area (Å²) in [7, 11) is 0. The molecule has 0 aromatic carbocycles. The number of anilines is 2. The highest BCUT2D eigenvalue weighted by atomic mass is 15.3. The molecule has 2 saturated heterocycles. The third-order valence-electron chi connectivity index (χ3n) is 6.25. The van der Waals surface area contributed by atoms with Crippen molar-refractivity contribution in [2.24, 2.45) is 0 Å². The second-order valence-electron chi connectivity index (χ2n) is 8.63. The van der Waals surface area contributed by atoms with Gasteiger partial charge in [-0.15, -0.1) is 0 Å². The third kappa shape index (κ3) is 4.22. The molecule has 0 bridgehead atoms. The van der Waals surface area contributed by atoms with Crippen LogP contribution in [0.4, 0.5) is 11.9 Å². The van der Waals surface area contributed by atoms with Crippen molar-refractivity contribution >= 4 is 11.9 Å². The number of hydrogen-bond donors (Lipinski definition) is 0. The van der Waals surface area contributed by atoms with Gasteiger partial charge >= 0.3 is 0 Å². The maximum absolute atomic E-state index is 5.14. The van der Waals surface area contributed by atoms with Crippen molar-refractivity contribution in [3.63, 3.8) is 0 Å². The first kappa shape index (κ1) is 19.8.